The summed E-state index contributed by atoms with van der Waals surface area (Å²) in [7, 11) is -2.41. The third-order valence-electron chi connectivity index (χ3n) is 4.20. The molecule has 1 amide bonds. The summed E-state index contributed by atoms with van der Waals surface area (Å²) in [5.41, 5.74) is 4.91. The molecule has 0 spiro atoms. The summed E-state index contributed by atoms with van der Waals surface area (Å²) in [6, 6.07) is 20.2. The SMILES string of the molecule is CONC(=O)c1ccccc1C#Cc1ccccc1NS(=O)(=O)c1ccc(C)cc1. The van der Waals surface area contributed by atoms with E-state index in [4.69, 9.17) is 0 Å². The lowest BCUT2D eigenvalue weighted by Gasteiger charge is -2.10. The molecule has 6 nitrogen and oxygen atoms in total. The molecule has 0 atom stereocenters. The van der Waals surface area contributed by atoms with Crippen molar-refractivity contribution in [3.8, 4) is 11.8 Å². The van der Waals surface area contributed by atoms with Gasteiger partial charge in [0.25, 0.3) is 15.9 Å². The summed E-state index contributed by atoms with van der Waals surface area (Å²) in [6.45, 7) is 1.89. The Morgan fingerprint density at radius 1 is 0.867 bits per heavy atom. The first-order valence-electron chi connectivity index (χ1n) is 9.03. The third-order valence-corrected chi connectivity index (χ3v) is 5.58. The molecule has 152 valence electrons. The van der Waals surface area contributed by atoms with Crippen molar-refractivity contribution in [1.29, 1.82) is 0 Å². The summed E-state index contributed by atoms with van der Waals surface area (Å²) in [5.74, 6) is 5.47. The zero-order valence-corrected chi connectivity index (χ0v) is 17.3. The quantitative estimate of drug-likeness (QED) is 0.489. The smallest absolute Gasteiger partial charge is 0.276 e. The van der Waals surface area contributed by atoms with Crippen molar-refractivity contribution >= 4 is 21.6 Å². The number of hydroxylamine groups is 1. The lowest BCUT2D eigenvalue weighted by molar-refractivity contribution is 0.0537. The lowest BCUT2D eigenvalue weighted by atomic mass is 10.1. The first-order chi connectivity index (χ1) is 14.4. The molecule has 3 aromatic carbocycles. The number of benzene rings is 3. The second kappa shape index (κ2) is 9.27. The highest BCUT2D eigenvalue weighted by molar-refractivity contribution is 7.92. The van der Waals surface area contributed by atoms with Gasteiger partial charge in [-0.15, -0.1) is 0 Å². The Bertz CT molecular complexity index is 1220. The van der Waals surface area contributed by atoms with Crippen LogP contribution in [0.3, 0.4) is 0 Å². The number of para-hydroxylation sites is 1. The maximum atomic E-state index is 12.7. The van der Waals surface area contributed by atoms with Crippen molar-refractivity contribution in [2.75, 3.05) is 11.8 Å². The van der Waals surface area contributed by atoms with Crippen LogP contribution in [0.2, 0.25) is 0 Å². The van der Waals surface area contributed by atoms with Crippen LogP contribution in [0.15, 0.2) is 77.7 Å². The minimum atomic E-state index is -3.76. The number of rotatable bonds is 5. The van der Waals surface area contributed by atoms with Crippen LogP contribution >= 0.6 is 0 Å². The average molecular weight is 420 g/mol. The van der Waals surface area contributed by atoms with Crippen molar-refractivity contribution in [3.63, 3.8) is 0 Å². The van der Waals surface area contributed by atoms with E-state index in [0.717, 1.165) is 5.56 Å². The minimum Gasteiger partial charge on any atom is -0.278 e. The molecular formula is C23H20N2O4S. The molecular weight excluding hydrogens is 400 g/mol. The molecule has 0 unspecified atom stereocenters. The molecule has 30 heavy (non-hydrogen) atoms. The van der Waals surface area contributed by atoms with E-state index in [9.17, 15) is 13.2 Å². The molecule has 0 fully saturated rings. The Kier molecular flexibility index (Phi) is 6.52. The van der Waals surface area contributed by atoms with Crippen LogP contribution in [0.1, 0.15) is 27.0 Å². The summed E-state index contributed by atoms with van der Waals surface area (Å²) >= 11 is 0. The van der Waals surface area contributed by atoms with E-state index in [1.54, 1.807) is 72.8 Å². The Morgan fingerprint density at radius 3 is 2.17 bits per heavy atom. The number of hydrogen-bond acceptors (Lipinski definition) is 4. The first-order valence-corrected chi connectivity index (χ1v) is 10.5. The fourth-order valence-corrected chi connectivity index (χ4v) is 3.75. The fraction of sp³-hybridized carbons (Fsp3) is 0.0870. The molecule has 0 heterocycles. The highest BCUT2D eigenvalue weighted by Crippen LogP contribution is 2.20. The Morgan fingerprint density at radius 2 is 1.47 bits per heavy atom. The van der Waals surface area contributed by atoms with Crippen molar-refractivity contribution < 1.29 is 18.0 Å². The van der Waals surface area contributed by atoms with Crippen LogP contribution < -0.4 is 10.2 Å². The first kappa shape index (κ1) is 21.1. The molecule has 0 aliphatic rings. The number of amides is 1. The Balaban J connectivity index is 1.93. The predicted molar refractivity (Wildman–Crippen MR) is 115 cm³/mol. The van der Waals surface area contributed by atoms with Crippen LogP contribution in [0.4, 0.5) is 5.69 Å². The zero-order valence-electron chi connectivity index (χ0n) is 16.5. The summed E-state index contributed by atoms with van der Waals surface area (Å²) < 4.78 is 28.0. The van der Waals surface area contributed by atoms with Gasteiger partial charge in [0.05, 0.1) is 23.3 Å². The number of anilines is 1. The van der Waals surface area contributed by atoms with Gasteiger partial charge < -0.3 is 0 Å². The number of nitrogens with one attached hydrogen (secondary N) is 2. The van der Waals surface area contributed by atoms with E-state index < -0.39 is 15.9 Å². The van der Waals surface area contributed by atoms with Gasteiger partial charge in [-0.25, -0.2) is 13.9 Å². The van der Waals surface area contributed by atoms with E-state index in [0.29, 0.717) is 22.4 Å². The third kappa shape index (κ3) is 5.06. The van der Waals surface area contributed by atoms with Crippen LogP contribution in [0.25, 0.3) is 0 Å². The van der Waals surface area contributed by atoms with Gasteiger partial charge in [0, 0.05) is 11.1 Å². The molecule has 2 N–H and O–H groups in total. The van der Waals surface area contributed by atoms with Gasteiger partial charge in [0.1, 0.15) is 0 Å². The molecule has 0 radical (unpaired) electrons. The number of aryl methyl sites for hydroxylation is 1. The van der Waals surface area contributed by atoms with Gasteiger partial charge in [-0.1, -0.05) is 53.8 Å². The second-order valence-corrected chi connectivity index (χ2v) is 8.08. The number of hydrogen-bond donors (Lipinski definition) is 2. The van der Waals surface area contributed by atoms with Crippen LogP contribution in [0, 0.1) is 18.8 Å². The van der Waals surface area contributed by atoms with Crippen molar-refractivity contribution in [1.82, 2.24) is 5.48 Å². The maximum absolute atomic E-state index is 12.7. The summed E-state index contributed by atoms with van der Waals surface area (Å²) in [4.78, 5) is 17.0. The molecule has 3 aromatic rings. The second-order valence-electron chi connectivity index (χ2n) is 6.40. The van der Waals surface area contributed by atoms with Gasteiger partial charge in [-0.2, -0.15) is 0 Å². The van der Waals surface area contributed by atoms with E-state index in [1.165, 1.54) is 7.11 Å². The lowest BCUT2D eigenvalue weighted by Crippen LogP contribution is -2.22. The topological polar surface area (TPSA) is 84.5 Å². The van der Waals surface area contributed by atoms with E-state index in [2.05, 4.69) is 26.9 Å². The molecule has 0 aromatic heterocycles. The summed E-state index contributed by atoms with van der Waals surface area (Å²) in [5, 5.41) is 0. The van der Waals surface area contributed by atoms with Gasteiger partial charge in [-0.3, -0.25) is 14.4 Å². The molecule has 0 bridgehead atoms. The van der Waals surface area contributed by atoms with Gasteiger partial charge in [-0.05, 0) is 43.3 Å². The molecule has 0 aliphatic carbocycles. The van der Waals surface area contributed by atoms with Gasteiger partial charge in [0.15, 0.2) is 0 Å². The molecule has 7 heteroatoms. The standard InChI is InChI=1S/C23H20N2O4S/c1-17-11-15-20(16-12-17)30(27,28)25-22-10-6-4-8-19(22)14-13-18-7-3-5-9-21(18)23(26)24-29-2/h3-12,15-16,25H,1-2H3,(H,24,26). The number of carbonyl (C=O) groups excluding carboxylic acids is 1. The Labute approximate surface area is 175 Å². The van der Waals surface area contributed by atoms with E-state index in [-0.39, 0.29) is 4.90 Å². The fourth-order valence-electron chi connectivity index (χ4n) is 2.67. The monoisotopic (exact) mass is 420 g/mol. The Hall–Kier alpha value is -3.60. The highest BCUT2D eigenvalue weighted by Gasteiger charge is 2.15. The van der Waals surface area contributed by atoms with Gasteiger partial charge >= 0.3 is 0 Å². The van der Waals surface area contributed by atoms with Crippen molar-refractivity contribution in [3.05, 3.63) is 95.1 Å². The number of sulfonamides is 1. The zero-order chi connectivity index (χ0) is 21.6. The largest absolute Gasteiger partial charge is 0.278 e. The molecule has 0 aliphatic heterocycles. The molecule has 0 saturated carbocycles. The van der Waals surface area contributed by atoms with E-state index in [1.807, 2.05) is 6.92 Å². The van der Waals surface area contributed by atoms with Gasteiger partial charge in [0.2, 0.25) is 0 Å². The molecule has 0 saturated heterocycles. The van der Waals surface area contributed by atoms with Crippen molar-refractivity contribution in [2.24, 2.45) is 0 Å². The number of carbonyl (C=O) groups is 1. The predicted octanol–water partition coefficient (Wildman–Crippen LogP) is 3.49. The minimum absolute atomic E-state index is 0.164. The van der Waals surface area contributed by atoms with Crippen LogP contribution in [-0.4, -0.2) is 21.4 Å². The summed E-state index contributed by atoms with van der Waals surface area (Å²) in [6.07, 6.45) is 0. The average Bonchev–Trinajstić information content (AvgIpc) is 2.73. The van der Waals surface area contributed by atoms with E-state index >= 15 is 0 Å². The normalized spacial score (nSPS) is 10.6. The molecule has 3 rings (SSSR count). The maximum Gasteiger partial charge on any atom is 0.276 e. The van der Waals surface area contributed by atoms with Crippen molar-refractivity contribution in [2.45, 2.75) is 11.8 Å². The van der Waals surface area contributed by atoms with Crippen LogP contribution in [-0.2, 0) is 14.9 Å². The highest BCUT2D eigenvalue weighted by atomic mass is 32.2. The van der Waals surface area contributed by atoms with Crippen LogP contribution in [0.5, 0.6) is 0 Å².